The lowest BCUT2D eigenvalue weighted by Gasteiger charge is -2.43. The van der Waals surface area contributed by atoms with Crippen molar-refractivity contribution in [3.05, 3.63) is 35.4 Å². The maximum Gasteiger partial charge on any atom is 0.282 e. The molecular weight excluding hydrogens is 310 g/mol. The summed E-state index contributed by atoms with van der Waals surface area (Å²) in [6, 6.07) is 8.66. The fourth-order valence-electron chi connectivity index (χ4n) is 4.30. The van der Waals surface area contributed by atoms with Crippen molar-refractivity contribution in [2.45, 2.75) is 44.8 Å². The van der Waals surface area contributed by atoms with Crippen LogP contribution in [0.3, 0.4) is 0 Å². The van der Waals surface area contributed by atoms with Gasteiger partial charge in [-0.3, -0.25) is 4.90 Å². The topological polar surface area (TPSA) is 43.9 Å². The summed E-state index contributed by atoms with van der Waals surface area (Å²) in [6.07, 6.45) is 3.14. The molecular formula is C17H25N3O2S. The van der Waals surface area contributed by atoms with E-state index in [1.165, 1.54) is 12.0 Å². The van der Waals surface area contributed by atoms with E-state index in [-0.39, 0.29) is 6.04 Å². The smallest absolute Gasteiger partial charge is 0.282 e. The Morgan fingerprint density at radius 1 is 1.09 bits per heavy atom. The molecule has 3 heterocycles. The predicted octanol–water partition coefficient (Wildman–Crippen LogP) is 1.46. The molecule has 2 saturated heterocycles. The molecule has 3 aliphatic heterocycles. The summed E-state index contributed by atoms with van der Waals surface area (Å²) in [4.78, 5) is 2.46. The van der Waals surface area contributed by atoms with E-state index in [1.54, 1.807) is 8.61 Å². The summed E-state index contributed by atoms with van der Waals surface area (Å²) in [5.41, 5.74) is 2.43. The van der Waals surface area contributed by atoms with Crippen molar-refractivity contribution >= 4 is 10.2 Å². The Balaban J connectivity index is 1.56. The van der Waals surface area contributed by atoms with Crippen LogP contribution in [-0.4, -0.2) is 60.2 Å². The molecule has 0 unspecified atom stereocenters. The largest absolute Gasteiger partial charge is 0.297 e. The highest BCUT2D eigenvalue weighted by Gasteiger charge is 2.42. The Hall–Kier alpha value is -0.950. The Morgan fingerprint density at radius 3 is 2.70 bits per heavy atom. The molecule has 2 fully saturated rings. The zero-order chi connectivity index (χ0) is 16.0. The van der Waals surface area contributed by atoms with Crippen LogP contribution < -0.4 is 0 Å². The van der Waals surface area contributed by atoms with Gasteiger partial charge in [0, 0.05) is 38.3 Å². The van der Waals surface area contributed by atoms with Crippen LogP contribution in [-0.2, 0) is 23.2 Å². The van der Waals surface area contributed by atoms with Gasteiger partial charge in [0.05, 0.1) is 0 Å². The second-order valence-electron chi connectivity index (χ2n) is 7.07. The highest BCUT2D eigenvalue weighted by molar-refractivity contribution is 7.86. The predicted molar refractivity (Wildman–Crippen MR) is 90.2 cm³/mol. The normalized spacial score (nSPS) is 30.1. The maximum atomic E-state index is 13.2. The molecule has 0 N–H and O–H groups in total. The summed E-state index contributed by atoms with van der Waals surface area (Å²) in [5, 5.41) is 0. The summed E-state index contributed by atoms with van der Waals surface area (Å²) >= 11 is 0. The number of nitrogens with zero attached hydrogens (tertiary/aromatic N) is 3. The zero-order valence-electron chi connectivity index (χ0n) is 13.7. The summed E-state index contributed by atoms with van der Waals surface area (Å²) in [7, 11) is -3.38. The highest BCUT2D eigenvalue weighted by atomic mass is 32.2. The molecule has 0 bridgehead atoms. The van der Waals surface area contributed by atoms with E-state index in [0.717, 1.165) is 31.5 Å². The van der Waals surface area contributed by atoms with Gasteiger partial charge in [0.1, 0.15) is 0 Å². The van der Waals surface area contributed by atoms with Gasteiger partial charge in [-0.2, -0.15) is 17.0 Å². The van der Waals surface area contributed by atoms with Crippen LogP contribution in [0.2, 0.25) is 0 Å². The fraction of sp³-hybridized carbons (Fsp3) is 0.647. The number of hydrogen-bond donors (Lipinski definition) is 0. The average molecular weight is 335 g/mol. The summed E-state index contributed by atoms with van der Waals surface area (Å²) < 4.78 is 29.8. The van der Waals surface area contributed by atoms with Gasteiger partial charge in [0.25, 0.3) is 10.2 Å². The molecule has 5 nitrogen and oxygen atoms in total. The molecule has 0 aromatic heterocycles. The molecule has 2 atom stereocenters. The Morgan fingerprint density at radius 2 is 1.87 bits per heavy atom. The van der Waals surface area contributed by atoms with Crippen LogP contribution in [0.15, 0.2) is 24.3 Å². The molecule has 0 spiro atoms. The second-order valence-corrected chi connectivity index (χ2v) is 8.95. The van der Waals surface area contributed by atoms with E-state index in [2.05, 4.69) is 17.0 Å². The Bertz CT molecular complexity index is 691. The third-order valence-electron chi connectivity index (χ3n) is 5.60. The standard InChI is InChI=1S/C17H25N3O2S/c1-14-11-18-9-4-7-17(18)13-20(14)23(21,22)19-10-8-15-5-2-3-6-16(15)12-19/h2-3,5-6,14,17H,4,7-13H2,1H3/t14-,17-/m0/s1. The average Bonchev–Trinajstić information content (AvgIpc) is 3.00. The van der Waals surface area contributed by atoms with Gasteiger partial charge in [-0.25, -0.2) is 0 Å². The quantitative estimate of drug-likeness (QED) is 0.822. The first-order chi connectivity index (χ1) is 11.1. The summed E-state index contributed by atoms with van der Waals surface area (Å²) in [5.74, 6) is 0. The highest BCUT2D eigenvalue weighted by Crippen LogP contribution is 2.29. The van der Waals surface area contributed by atoms with Crippen molar-refractivity contribution in [1.29, 1.82) is 0 Å². The lowest BCUT2D eigenvalue weighted by atomic mass is 10.0. The molecule has 126 valence electrons. The van der Waals surface area contributed by atoms with Gasteiger partial charge in [0.2, 0.25) is 0 Å². The molecule has 0 saturated carbocycles. The van der Waals surface area contributed by atoms with Crippen molar-refractivity contribution in [2.24, 2.45) is 0 Å². The van der Waals surface area contributed by atoms with Crippen LogP contribution in [0.25, 0.3) is 0 Å². The minimum Gasteiger partial charge on any atom is -0.297 e. The van der Waals surface area contributed by atoms with E-state index in [1.807, 2.05) is 19.1 Å². The van der Waals surface area contributed by atoms with Crippen molar-refractivity contribution in [3.8, 4) is 0 Å². The molecule has 4 rings (SSSR count). The van der Waals surface area contributed by atoms with Crippen LogP contribution in [0.5, 0.6) is 0 Å². The molecule has 6 heteroatoms. The van der Waals surface area contributed by atoms with Crippen LogP contribution in [0.1, 0.15) is 30.9 Å². The van der Waals surface area contributed by atoms with Gasteiger partial charge in [0.15, 0.2) is 0 Å². The third-order valence-corrected chi connectivity index (χ3v) is 7.66. The van der Waals surface area contributed by atoms with Crippen molar-refractivity contribution in [3.63, 3.8) is 0 Å². The maximum absolute atomic E-state index is 13.2. The minimum atomic E-state index is -3.38. The first kappa shape index (κ1) is 15.6. The molecule has 1 aromatic rings. The molecule has 0 radical (unpaired) electrons. The molecule has 0 amide bonds. The number of piperazine rings is 1. The Kier molecular flexibility index (Phi) is 3.96. The van der Waals surface area contributed by atoms with Gasteiger partial charge in [-0.15, -0.1) is 0 Å². The monoisotopic (exact) mass is 335 g/mol. The number of hydrogen-bond acceptors (Lipinski definition) is 3. The third kappa shape index (κ3) is 2.71. The van der Waals surface area contributed by atoms with Crippen molar-refractivity contribution in [1.82, 2.24) is 13.5 Å². The lowest BCUT2D eigenvalue weighted by Crippen LogP contribution is -2.59. The van der Waals surface area contributed by atoms with Gasteiger partial charge < -0.3 is 0 Å². The van der Waals surface area contributed by atoms with Crippen molar-refractivity contribution in [2.75, 3.05) is 26.2 Å². The lowest BCUT2D eigenvalue weighted by molar-refractivity contribution is 0.110. The van der Waals surface area contributed by atoms with E-state index < -0.39 is 10.2 Å². The van der Waals surface area contributed by atoms with Crippen LogP contribution in [0.4, 0.5) is 0 Å². The summed E-state index contributed by atoms with van der Waals surface area (Å²) in [6.45, 7) is 5.80. The van der Waals surface area contributed by atoms with E-state index in [9.17, 15) is 8.42 Å². The van der Waals surface area contributed by atoms with E-state index in [0.29, 0.717) is 25.7 Å². The first-order valence-electron chi connectivity index (χ1n) is 8.63. The number of benzene rings is 1. The zero-order valence-corrected chi connectivity index (χ0v) is 14.5. The molecule has 3 aliphatic rings. The molecule has 1 aromatic carbocycles. The molecule has 23 heavy (non-hydrogen) atoms. The van der Waals surface area contributed by atoms with Gasteiger partial charge >= 0.3 is 0 Å². The SMILES string of the molecule is C[C@H]1CN2CCC[C@H]2CN1S(=O)(=O)N1CCc2ccccc2C1. The van der Waals surface area contributed by atoms with Gasteiger partial charge in [-0.1, -0.05) is 24.3 Å². The van der Waals surface area contributed by atoms with Crippen LogP contribution >= 0.6 is 0 Å². The number of rotatable bonds is 2. The fourth-order valence-corrected chi connectivity index (χ4v) is 6.10. The Labute approximate surface area is 139 Å². The first-order valence-corrected chi connectivity index (χ1v) is 10.0. The molecule has 0 aliphatic carbocycles. The van der Waals surface area contributed by atoms with Crippen LogP contribution in [0, 0.1) is 0 Å². The van der Waals surface area contributed by atoms with E-state index >= 15 is 0 Å². The minimum absolute atomic E-state index is 0.0616. The van der Waals surface area contributed by atoms with Gasteiger partial charge in [-0.05, 0) is 43.9 Å². The number of fused-ring (bicyclic) bond motifs is 2. The second kappa shape index (κ2) is 5.84. The van der Waals surface area contributed by atoms with E-state index in [4.69, 9.17) is 0 Å². The van der Waals surface area contributed by atoms with Crippen molar-refractivity contribution < 1.29 is 8.42 Å².